The van der Waals surface area contributed by atoms with Gasteiger partial charge in [0.25, 0.3) is 0 Å². The highest BCUT2D eigenvalue weighted by molar-refractivity contribution is 7.91. The monoisotopic (exact) mass is 246 g/mol. The van der Waals surface area contributed by atoms with Crippen molar-refractivity contribution in [2.45, 2.75) is 30.1 Å². The van der Waals surface area contributed by atoms with Gasteiger partial charge in [-0.3, -0.25) is 5.32 Å². The fraction of sp³-hybridized carbons (Fsp3) is 0.900. The average molecular weight is 246 g/mol. The van der Waals surface area contributed by atoms with Crippen LogP contribution in [0.1, 0.15) is 19.3 Å². The maximum Gasteiger partial charge on any atom is 0.153 e. The van der Waals surface area contributed by atoms with Crippen molar-refractivity contribution in [2.24, 2.45) is 0 Å². The zero-order chi connectivity index (χ0) is 12.2. The number of rotatable bonds is 5. The van der Waals surface area contributed by atoms with E-state index in [0.717, 1.165) is 6.42 Å². The van der Waals surface area contributed by atoms with Crippen molar-refractivity contribution in [2.75, 3.05) is 26.5 Å². The predicted molar refractivity (Wildman–Crippen MR) is 60.7 cm³/mol. The molecular formula is C10H18N2O3S. The third kappa shape index (κ3) is 2.73. The standard InChI is InChI=1S/C10H18N2O3S/c1-15-7-6-12-10(8-11)5-3-4-9(10)16(2,13)14/h9,12H,3-7H2,1-2H3. The summed E-state index contributed by atoms with van der Waals surface area (Å²) < 4.78 is 28.1. The highest BCUT2D eigenvalue weighted by Gasteiger charge is 2.48. The van der Waals surface area contributed by atoms with Crippen LogP contribution in [0.5, 0.6) is 0 Å². The molecule has 5 nitrogen and oxygen atoms in total. The normalized spacial score (nSPS) is 30.2. The molecule has 1 N–H and O–H groups in total. The Hall–Kier alpha value is -0.640. The summed E-state index contributed by atoms with van der Waals surface area (Å²) in [4.78, 5) is 0. The van der Waals surface area contributed by atoms with Crippen LogP contribution >= 0.6 is 0 Å². The largest absolute Gasteiger partial charge is 0.383 e. The Balaban J connectivity index is 2.82. The van der Waals surface area contributed by atoms with Crippen molar-refractivity contribution in [1.82, 2.24) is 5.32 Å². The molecule has 92 valence electrons. The van der Waals surface area contributed by atoms with E-state index in [1.165, 1.54) is 6.26 Å². The van der Waals surface area contributed by atoms with Crippen LogP contribution in [0, 0.1) is 11.3 Å². The van der Waals surface area contributed by atoms with Crippen LogP contribution in [0.2, 0.25) is 0 Å². The Bertz CT molecular complexity index is 374. The minimum Gasteiger partial charge on any atom is -0.383 e. The molecule has 0 aromatic carbocycles. The first-order valence-corrected chi connectivity index (χ1v) is 7.26. The van der Waals surface area contributed by atoms with Crippen LogP contribution in [0.3, 0.4) is 0 Å². The van der Waals surface area contributed by atoms with Crippen LogP contribution in [0.15, 0.2) is 0 Å². The molecule has 0 spiro atoms. The SMILES string of the molecule is COCCNC1(C#N)CCCC1S(C)(=O)=O. The van der Waals surface area contributed by atoms with E-state index in [2.05, 4.69) is 11.4 Å². The van der Waals surface area contributed by atoms with E-state index in [-0.39, 0.29) is 0 Å². The van der Waals surface area contributed by atoms with E-state index in [4.69, 9.17) is 4.74 Å². The molecule has 0 heterocycles. The number of sulfone groups is 1. The van der Waals surface area contributed by atoms with E-state index in [9.17, 15) is 13.7 Å². The smallest absolute Gasteiger partial charge is 0.153 e. The predicted octanol–water partition coefficient (Wildman–Crippen LogP) is 0.0819. The number of ether oxygens (including phenoxy) is 1. The lowest BCUT2D eigenvalue weighted by atomic mass is 9.99. The quantitative estimate of drug-likeness (QED) is 0.695. The molecule has 0 bridgehead atoms. The average Bonchev–Trinajstić information content (AvgIpc) is 2.62. The molecule has 16 heavy (non-hydrogen) atoms. The van der Waals surface area contributed by atoms with E-state index >= 15 is 0 Å². The summed E-state index contributed by atoms with van der Waals surface area (Å²) in [6.07, 6.45) is 3.12. The van der Waals surface area contributed by atoms with Crippen LogP contribution in [0.25, 0.3) is 0 Å². The summed E-state index contributed by atoms with van der Waals surface area (Å²) in [6.45, 7) is 0.968. The third-order valence-electron chi connectivity index (χ3n) is 3.05. The zero-order valence-corrected chi connectivity index (χ0v) is 10.5. The van der Waals surface area contributed by atoms with Crippen LogP contribution < -0.4 is 5.32 Å². The number of methoxy groups -OCH3 is 1. The van der Waals surface area contributed by atoms with Gasteiger partial charge in [0.2, 0.25) is 0 Å². The number of nitriles is 1. The molecule has 0 aromatic heterocycles. The van der Waals surface area contributed by atoms with Crippen molar-refractivity contribution in [3.05, 3.63) is 0 Å². The maximum atomic E-state index is 11.6. The summed E-state index contributed by atoms with van der Waals surface area (Å²) in [6, 6.07) is 2.15. The Morgan fingerprint density at radius 2 is 2.31 bits per heavy atom. The number of hydrogen-bond donors (Lipinski definition) is 1. The van der Waals surface area contributed by atoms with Gasteiger partial charge in [-0.25, -0.2) is 8.42 Å². The molecule has 1 saturated carbocycles. The summed E-state index contributed by atoms with van der Waals surface area (Å²) >= 11 is 0. The number of nitrogens with zero attached hydrogens (tertiary/aromatic N) is 1. The second-order valence-corrected chi connectivity index (χ2v) is 6.44. The Morgan fingerprint density at radius 1 is 1.62 bits per heavy atom. The first kappa shape index (κ1) is 13.4. The van der Waals surface area contributed by atoms with E-state index in [1.807, 2.05) is 0 Å². The van der Waals surface area contributed by atoms with Gasteiger partial charge in [-0.2, -0.15) is 5.26 Å². The van der Waals surface area contributed by atoms with Gasteiger partial charge in [-0.15, -0.1) is 0 Å². The summed E-state index contributed by atoms with van der Waals surface area (Å²) in [5, 5.41) is 11.7. The molecule has 0 amide bonds. The minimum absolute atomic E-state index is 0.472. The molecule has 0 saturated heterocycles. The van der Waals surface area contributed by atoms with E-state index < -0.39 is 20.6 Å². The molecule has 2 unspecified atom stereocenters. The molecule has 1 rings (SSSR count). The van der Waals surface area contributed by atoms with Gasteiger partial charge >= 0.3 is 0 Å². The van der Waals surface area contributed by atoms with Gasteiger partial charge in [0.1, 0.15) is 5.54 Å². The van der Waals surface area contributed by atoms with E-state index in [1.54, 1.807) is 7.11 Å². The molecule has 6 heteroatoms. The van der Waals surface area contributed by atoms with Crippen molar-refractivity contribution < 1.29 is 13.2 Å². The van der Waals surface area contributed by atoms with Gasteiger partial charge in [-0.05, 0) is 19.3 Å². The molecule has 1 aliphatic carbocycles. The van der Waals surface area contributed by atoms with Gasteiger partial charge in [0.15, 0.2) is 9.84 Å². The second-order valence-electron chi connectivity index (χ2n) is 4.21. The molecule has 0 aromatic rings. The topological polar surface area (TPSA) is 79.2 Å². The van der Waals surface area contributed by atoms with Gasteiger partial charge in [-0.1, -0.05) is 0 Å². The zero-order valence-electron chi connectivity index (χ0n) is 9.69. The van der Waals surface area contributed by atoms with Crippen molar-refractivity contribution in [3.8, 4) is 6.07 Å². The number of hydrogen-bond acceptors (Lipinski definition) is 5. The lowest BCUT2D eigenvalue weighted by molar-refractivity contribution is 0.191. The van der Waals surface area contributed by atoms with Crippen molar-refractivity contribution in [1.29, 1.82) is 5.26 Å². The fourth-order valence-corrected chi connectivity index (χ4v) is 3.88. The summed E-state index contributed by atoms with van der Waals surface area (Å²) in [5.41, 5.74) is -0.924. The first-order valence-electron chi connectivity index (χ1n) is 5.30. The lowest BCUT2D eigenvalue weighted by Crippen LogP contribution is -2.53. The first-order chi connectivity index (χ1) is 7.46. The van der Waals surface area contributed by atoms with Crippen molar-refractivity contribution in [3.63, 3.8) is 0 Å². The van der Waals surface area contributed by atoms with Crippen molar-refractivity contribution >= 4 is 9.84 Å². The second kappa shape index (κ2) is 5.13. The van der Waals surface area contributed by atoms with Crippen LogP contribution in [-0.4, -0.2) is 45.7 Å². The fourth-order valence-electron chi connectivity index (χ4n) is 2.30. The molecular weight excluding hydrogens is 228 g/mol. The molecule has 2 atom stereocenters. The van der Waals surface area contributed by atoms with Crippen LogP contribution in [-0.2, 0) is 14.6 Å². The Kier molecular flexibility index (Phi) is 4.30. The molecule has 1 aliphatic rings. The molecule has 1 fully saturated rings. The third-order valence-corrected chi connectivity index (χ3v) is 4.72. The highest BCUT2D eigenvalue weighted by Crippen LogP contribution is 2.34. The number of nitrogens with one attached hydrogen (secondary N) is 1. The summed E-state index contributed by atoms with van der Waals surface area (Å²) in [5.74, 6) is 0. The molecule has 0 radical (unpaired) electrons. The van der Waals surface area contributed by atoms with E-state index in [0.29, 0.717) is 26.0 Å². The molecule has 0 aliphatic heterocycles. The van der Waals surface area contributed by atoms with Gasteiger partial charge in [0.05, 0.1) is 17.9 Å². The highest BCUT2D eigenvalue weighted by atomic mass is 32.2. The summed E-state index contributed by atoms with van der Waals surface area (Å²) in [7, 11) is -1.61. The minimum atomic E-state index is -3.19. The Labute approximate surface area is 96.7 Å². The van der Waals surface area contributed by atoms with Crippen LogP contribution in [0.4, 0.5) is 0 Å². The van der Waals surface area contributed by atoms with Gasteiger partial charge < -0.3 is 4.74 Å². The maximum absolute atomic E-state index is 11.6. The van der Waals surface area contributed by atoms with Gasteiger partial charge in [0, 0.05) is 19.9 Å². The Morgan fingerprint density at radius 3 is 2.81 bits per heavy atom. The lowest BCUT2D eigenvalue weighted by Gasteiger charge is -2.28.